The van der Waals surface area contributed by atoms with Gasteiger partial charge in [-0.25, -0.2) is 4.98 Å². The minimum Gasteiger partial charge on any atom is -0.369 e. The molecule has 0 spiro atoms. The van der Waals surface area contributed by atoms with Gasteiger partial charge in [0.1, 0.15) is 0 Å². The topological polar surface area (TPSA) is 43.8 Å². The molecule has 3 aromatic rings. The number of rotatable bonds is 4. The summed E-state index contributed by atoms with van der Waals surface area (Å²) in [6.07, 6.45) is 2.12. The fourth-order valence-electron chi connectivity index (χ4n) is 2.58. The van der Waals surface area contributed by atoms with E-state index in [-0.39, 0.29) is 0 Å². The number of hydrogen-bond donors (Lipinski definition) is 1. The summed E-state index contributed by atoms with van der Waals surface area (Å²) >= 11 is 0. The van der Waals surface area contributed by atoms with Crippen molar-refractivity contribution >= 4 is 17.0 Å². The van der Waals surface area contributed by atoms with Crippen molar-refractivity contribution in [1.82, 2.24) is 9.55 Å². The van der Waals surface area contributed by atoms with E-state index in [0.29, 0.717) is 5.95 Å². The summed E-state index contributed by atoms with van der Waals surface area (Å²) in [5.41, 5.74) is 10.7. The van der Waals surface area contributed by atoms with Gasteiger partial charge in [-0.3, -0.25) is 0 Å². The SMILES string of the molecule is Cc1ccc2c(c1)nc(N)n2CCCc1ccccc1. The third-order valence-electron chi connectivity index (χ3n) is 3.62. The van der Waals surface area contributed by atoms with E-state index in [4.69, 9.17) is 5.73 Å². The van der Waals surface area contributed by atoms with Crippen LogP contribution in [-0.2, 0) is 13.0 Å². The van der Waals surface area contributed by atoms with Gasteiger partial charge in [-0.1, -0.05) is 36.4 Å². The van der Waals surface area contributed by atoms with Crippen molar-refractivity contribution in [3.05, 3.63) is 59.7 Å². The summed E-state index contributed by atoms with van der Waals surface area (Å²) in [5, 5.41) is 0. The van der Waals surface area contributed by atoms with Crippen LogP contribution in [-0.4, -0.2) is 9.55 Å². The molecule has 0 aliphatic rings. The van der Waals surface area contributed by atoms with Gasteiger partial charge in [-0.2, -0.15) is 0 Å². The van der Waals surface area contributed by atoms with E-state index in [9.17, 15) is 0 Å². The van der Waals surface area contributed by atoms with Crippen molar-refractivity contribution in [2.45, 2.75) is 26.3 Å². The Morgan fingerprint density at radius 2 is 1.90 bits per heavy atom. The Balaban J connectivity index is 1.76. The van der Waals surface area contributed by atoms with Gasteiger partial charge < -0.3 is 10.3 Å². The molecule has 0 saturated heterocycles. The maximum absolute atomic E-state index is 6.03. The predicted octanol–water partition coefficient (Wildman–Crippen LogP) is 3.56. The summed E-state index contributed by atoms with van der Waals surface area (Å²) < 4.78 is 2.11. The molecule has 0 aliphatic carbocycles. The Morgan fingerprint density at radius 1 is 1.10 bits per heavy atom. The molecule has 0 radical (unpaired) electrons. The molecule has 0 saturated carbocycles. The molecule has 1 aromatic heterocycles. The van der Waals surface area contributed by atoms with Gasteiger partial charge in [-0.05, 0) is 43.0 Å². The first-order chi connectivity index (χ1) is 9.74. The monoisotopic (exact) mass is 265 g/mol. The second kappa shape index (κ2) is 5.37. The minimum atomic E-state index is 0.610. The second-order valence-electron chi connectivity index (χ2n) is 5.20. The van der Waals surface area contributed by atoms with Gasteiger partial charge in [0.15, 0.2) is 0 Å². The van der Waals surface area contributed by atoms with E-state index in [2.05, 4.69) is 58.9 Å². The smallest absolute Gasteiger partial charge is 0.201 e. The summed E-state index contributed by atoms with van der Waals surface area (Å²) in [4.78, 5) is 4.44. The van der Waals surface area contributed by atoms with E-state index in [1.807, 2.05) is 6.07 Å². The molecule has 1 heterocycles. The van der Waals surface area contributed by atoms with Crippen molar-refractivity contribution in [1.29, 1.82) is 0 Å². The number of anilines is 1. The third-order valence-corrected chi connectivity index (χ3v) is 3.62. The largest absolute Gasteiger partial charge is 0.369 e. The summed E-state index contributed by atoms with van der Waals surface area (Å²) in [6, 6.07) is 16.8. The van der Waals surface area contributed by atoms with E-state index in [0.717, 1.165) is 30.4 Å². The molecular formula is C17H19N3. The van der Waals surface area contributed by atoms with Crippen LogP contribution < -0.4 is 5.73 Å². The zero-order valence-electron chi connectivity index (χ0n) is 11.7. The summed E-state index contributed by atoms with van der Waals surface area (Å²) in [7, 11) is 0. The molecular weight excluding hydrogens is 246 g/mol. The minimum absolute atomic E-state index is 0.610. The van der Waals surface area contributed by atoms with Crippen molar-refractivity contribution < 1.29 is 0 Å². The van der Waals surface area contributed by atoms with E-state index < -0.39 is 0 Å². The highest BCUT2D eigenvalue weighted by molar-refractivity contribution is 5.79. The molecule has 0 amide bonds. The molecule has 0 fully saturated rings. The van der Waals surface area contributed by atoms with Crippen LogP contribution in [0.3, 0.4) is 0 Å². The molecule has 2 N–H and O–H groups in total. The Kier molecular flexibility index (Phi) is 3.42. The molecule has 0 bridgehead atoms. The lowest BCUT2D eigenvalue weighted by atomic mass is 10.1. The van der Waals surface area contributed by atoms with Crippen molar-refractivity contribution in [2.75, 3.05) is 5.73 Å². The first-order valence-electron chi connectivity index (χ1n) is 7.00. The number of hydrogen-bond acceptors (Lipinski definition) is 2. The highest BCUT2D eigenvalue weighted by Crippen LogP contribution is 2.20. The average molecular weight is 265 g/mol. The zero-order valence-corrected chi connectivity index (χ0v) is 11.7. The number of imidazole rings is 1. The normalized spacial score (nSPS) is 11.1. The van der Waals surface area contributed by atoms with Crippen LogP contribution in [0.4, 0.5) is 5.95 Å². The molecule has 20 heavy (non-hydrogen) atoms. The van der Waals surface area contributed by atoms with Crippen LogP contribution in [0, 0.1) is 6.92 Å². The standard InChI is InChI=1S/C17H19N3/c1-13-9-10-16-15(12-13)19-17(18)20(16)11-5-8-14-6-3-2-4-7-14/h2-4,6-7,9-10,12H,5,8,11H2,1H3,(H2,18,19). The van der Waals surface area contributed by atoms with Gasteiger partial charge in [0.2, 0.25) is 5.95 Å². The molecule has 0 unspecified atom stereocenters. The third kappa shape index (κ3) is 2.52. The lowest BCUT2D eigenvalue weighted by Crippen LogP contribution is -2.04. The fourth-order valence-corrected chi connectivity index (χ4v) is 2.58. The molecule has 102 valence electrons. The number of benzene rings is 2. The first-order valence-corrected chi connectivity index (χ1v) is 7.00. The van der Waals surface area contributed by atoms with Crippen LogP contribution in [0.15, 0.2) is 48.5 Å². The quantitative estimate of drug-likeness (QED) is 0.784. The fraction of sp³-hybridized carbons (Fsp3) is 0.235. The van der Waals surface area contributed by atoms with Crippen LogP contribution in [0.2, 0.25) is 0 Å². The van der Waals surface area contributed by atoms with Gasteiger partial charge >= 0.3 is 0 Å². The average Bonchev–Trinajstić information content (AvgIpc) is 2.75. The summed E-state index contributed by atoms with van der Waals surface area (Å²) in [6.45, 7) is 2.98. The lowest BCUT2D eigenvalue weighted by molar-refractivity contribution is 0.665. The van der Waals surface area contributed by atoms with Crippen molar-refractivity contribution in [2.24, 2.45) is 0 Å². The van der Waals surface area contributed by atoms with Gasteiger partial charge in [-0.15, -0.1) is 0 Å². The van der Waals surface area contributed by atoms with Gasteiger partial charge in [0.05, 0.1) is 11.0 Å². The van der Waals surface area contributed by atoms with Crippen LogP contribution in [0.1, 0.15) is 17.5 Å². The van der Waals surface area contributed by atoms with Crippen LogP contribution in [0.5, 0.6) is 0 Å². The van der Waals surface area contributed by atoms with Crippen molar-refractivity contribution in [3.63, 3.8) is 0 Å². The molecule has 3 rings (SSSR count). The number of nitrogens with two attached hydrogens (primary N) is 1. The zero-order chi connectivity index (χ0) is 13.9. The number of nitrogens with zero attached hydrogens (tertiary/aromatic N) is 2. The molecule has 0 aliphatic heterocycles. The van der Waals surface area contributed by atoms with Crippen LogP contribution >= 0.6 is 0 Å². The maximum Gasteiger partial charge on any atom is 0.201 e. The Labute approximate surface area is 119 Å². The Morgan fingerprint density at radius 3 is 2.70 bits per heavy atom. The molecule has 0 atom stereocenters. The van der Waals surface area contributed by atoms with Gasteiger partial charge in [0, 0.05) is 6.54 Å². The predicted molar refractivity (Wildman–Crippen MR) is 83.6 cm³/mol. The van der Waals surface area contributed by atoms with Crippen LogP contribution in [0.25, 0.3) is 11.0 Å². The van der Waals surface area contributed by atoms with E-state index in [1.165, 1.54) is 11.1 Å². The lowest BCUT2D eigenvalue weighted by Gasteiger charge is -2.06. The highest BCUT2D eigenvalue weighted by atomic mass is 15.1. The Hall–Kier alpha value is -2.29. The van der Waals surface area contributed by atoms with E-state index in [1.54, 1.807) is 0 Å². The Bertz CT molecular complexity index is 714. The molecule has 3 nitrogen and oxygen atoms in total. The van der Waals surface area contributed by atoms with Gasteiger partial charge in [0.25, 0.3) is 0 Å². The molecule has 3 heteroatoms. The first kappa shape index (κ1) is 12.7. The number of aromatic nitrogens is 2. The van der Waals surface area contributed by atoms with Crippen molar-refractivity contribution in [3.8, 4) is 0 Å². The number of nitrogen functional groups attached to an aromatic ring is 1. The van der Waals surface area contributed by atoms with E-state index >= 15 is 0 Å². The number of aryl methyl sites for hydroxylation is 3. The molecule has 2 aromatic carbocycles. The summed E-state index contributed by atoms with van der Waals surface area (Å²) in [5.74, 6) is 0.610. The number of fused-ring (bicyclic) bond motifs is 1. The maximum atomic E-state index is 6.03. The second-order valence-corrected chi connectivity index (χ2v) is 5.20. The highest BCUT2D eigenvalue weighted by Gasteiger charge is 2.07.